The molecule has 2 aromatic rings. The van der Waals surface area contributed by atoms with Gasteiger partial charge in [0.2, 0.25) is 5.91 Å². The minimum atomic E-state index is -0.705. The molecule has 2 aromatic carbocycles. The number of nitrogens with one attached hydrogen (secondary N) is 1. The van der Waals surface area contributed by atoms with E-state index in [1.807, 2.05) is 59.5 Å². The largest absolute Gasteiger partial charge is 0.444 e. The summed E-state index contributed by atoms with van der Waals surface area (Å²) in [5, 5.41) is 11.8. The fourth-order valence-corrected chi connectivity index (χ4v) is 3.86. The van der Waals surface area contributed by atoms with Crippen molar-refractivity contribution in [1.29, 1.82) is 5.26 Å². The van der Waals surface area contributed by atoms with Crippen molar-refractivity contribution in [3.63, 3.8) is 0 Å². The Morgan fingerprint density at radius 2 is 1.73 bits per heavy atom. The summed E-state index contributed by atoms with van der Waals surface area (Å²) in [5.74, 6) is -0.105. The Kier molecular flexibility index (Phi) is 7.94. The average Bonchev–Trinajstić information content (AvgIpc) is 3.04. The highest BCUT2D eigenvalue weighted by atomic mass is 16.6. The monoisotopic (exact) mass is 448 g/mol. The van der Waals surface area contributed by atoms with Gasteiger partial charge in [0.15, 0.2) is 0 Å². The van der Waals surface area contributed by atoms with Crippen LogP contribution in [-0.4, -0.2) is 54.7 Å². The van der Waals surface area contributed by atoms with Gasteiger partial charge in [0, 0.05) is 38.3 Å². The van der Waals surface area contributed by atoms with E-state index in [0.29, 0.717) is 31.6 Å². The molecule has 1 aliphatic heterocycles. The summed E-state index contributed by atoms with van der Waals surface area (Å²) >= 11 is 0. The second-order valence-corrected chi connectivity index (χ2v) is 9.21. The molecule has 1 saturated heterocycles. The Morgan fingerprint density at radius 1 is 1.03 bits per heavy atom. The zero-order chi connectivity index (χ0) is 23.8. The quantitative estimate of drug-likeness (QED) is 0.753. The van der Waals surface area contributed by atoms with E-state index < -0.39 is 17.7 Å². The molecule has 3 rings (SSSR count). The van der Waals surface area contributed by atoms with Crippen molar-refractivity contribution in [3.05, 3.63) is 65.7 Å². The lowest BCUT2D eigenvalue weighted by atomic mass is 10.0. The molecule has 1 N–H and O–H groups in total. The number of nitrogens with zero attached hydrogens (tertiary/aromatic N) is 3. The molecule has 1 unspecified atom stereocenters. The molecular weight excluding hydrogens is 416 g/mol. The number of hydrogen-bond donors (Lipinski definition) is 1. The predicted molar refractivity (Wildman–Crippen MR) is 128 cm³/mol. The Labute approximate surface area is 195 Å². The molecule has 0 aliphatic carbocycles. The molecule has 7 heteroatoms. The van der Waals surface area contributed by atoms with Crippen molar-refractivity contribution < 1.29 is 14.3 Å². The molecule has 0 saturated carbocycles. The third-order valence-corrected chi connectivity index (χ3v) is 5.44. The molecule has 2 amide bonds. The maximum atomic E-state index is 13.5. The normalized spacial score (nSPS) is 15.2. The highest BCUT2D eigenvalue weighted by molar-refractivity contribution is 5.86. The van der Waals surface area contributed by atoms with Crippen molar-refractivity contribution in [2.45, 2.75) is 45.3 Å². The third kappa shape index (κ3) is 7.25. The first-order valence-electron chi connectivity index (χ1n) is 11.3. The lowest BCUT2D eigenvalue weighted by Gasteiger charge is -2.28. The van der Waals surface area contributed by atoms with Gasteiger partial charge >= 0.3 is 6.09 Å². The van der Waals surface area contributed by atoms with Crippen LogP contribution in [0.3, 0.4) is 0 Å². The number of ether oxygens (including phenoxy) is 1. The number of anilines is 1. The van der Waals surface area contributed by atoms with E-state index in [1.165, 1.54) is 0 Å². The Bertz CT molecular complexity index is 977. The third-order valence-electron chi connectivity index (χ3n) is 5.44. The van der Waals surface area contributed by atoms with Crippen LogP contribution in [0.15, 0.2) is 54.6 Å². The summed E-state index contributed by atoms with van der Waals surface area (Å²) in [6.07, 6.45) is 0.621. The standard InChI is InChI=1S/C26H32N4O3/c1-26(2,3)33-25(32)28-23(18-20-8-5-4-6-9-20)24(31)30-15-7-14-29(16-17-30)22-12-10-21(19-27)11-13-22/h4-6,8-13,23H,7,14-18H2,1-3H3,(H,28,32). The molecular formula is C26H32N4O3. The van der Waals surface area contributed by atoms with Crippen LogP contribution >= 0.6 is 0 Å². The maximum absolute atomic E-state index is 13.5. The van der Waals surface area contributed by atoms with E-state index in [9.17, 15) is 9.59 Å². The Morgan fingerprint density at radius 3 is 2.36 bits per heavy atom. The zero-order valence-corrected chi connectivity index (χ0v) is 19.6. The van der Waals surface area contributed by atoms with Crippen LogP contribution in [0.2, 0.25) is 0 Å². The molecule has 33 heavy (non-hydrogen) atoms. The van der Waals surface area contributed by atoms with Gasteiger partial charge in [0.05, 0.1) is 11.6 Å². The van der Waals surface area contributed by atoms with E-state index in [1.54, 1.807) is 20.8 Å². The van der Waals surface area contributed by atoms with Crippen LogP contribution in [0.5, 0.6) is 0 Å². The van der Waals surface area contributed by atoms with Crippen LogP contribution in [0.25, 0.3) is 0 Å². The summed E-state index contributed by atoms with van der Waals surface area (Å²) in [5.41, 5.74) is 1.99. The van der Waals surface area contributed by atoms with Crippen molar-refractivity contribution in [2.75, 3.05) is 31.1 Å². The summed E-state index contributed by atoms with van der Waals surface area (Å²) in [6, 6.07) is 18.6. The summed E-state index contributed by atoms with van der Waals surface area (Å²) in [6.45, 7) is 8.07. The number of benzene rings is 2. The van der Waals surface area contributed by atoms with Gasteiger partial charge in [-0.05, 0) is 57.0 Å². The number of rotatable bonds is 5. The molecule has 0 radical (unpaired) electrons. The SMILES string of the molecule is CC(C)(C)OC(=O)NC(Cc1ccccc1)C(=O)N1CCCN(c2ccc(C#N)cc2)CC1. The van der Waals surface area contributed by atoms with E-state index >= 15 is 0 Å². The summed E-state index contributed by atoms with van der Waals surface area (Å²) < 4.78 is 5.41. The van der Waals surface area contributed by atoms with Gasteiger partial charge in [-0.2, -0.15) is 5.26 Å². The van der Waals surface area contributed by atoms with Crippen molar-refractivity contribution in [3.8, 4) is 6.07 Å². The Hall–Kier alpha value is -3.53. The number of amides is 2. The van der Waals surface area contributed by atoms with Crippen molar-refractivity contribution in [1.82, 2.24) is 10.2 Å². The highest BCUT2D eigenvalue weighted by Gasteiger charge is 2.29. The smallest absolute Gasteiger partial charge is 0.408 e. The summed E-state index contributed by atoms with van der Waals surface area (Å²) in [4.78, 5) is 30.0. The molecule has 0 bridgehead atoms. The summed E-state index contributed by atoms with van der Waals surface area (Å²) in [7, 11) is 0. The van der Waals surface area contributed by atoms with Gasteiger partial charge < -0.3 is 19.9 Å². The molecule has 1 heterocycles. The second-order valence-electron chi connectivity index (χ2n) is 9.21. The number of hydrogen-bond acceptors (Lipinski definition) is 5. The van der Waals surface area contributed by atoms with E-state index in [0.717, 1.165) is 24.2 Å². The van der Waals surface area contributed by atoms with E-state index in [4.69, 9.17) is 10.00 Å². The molecule has 0 spiro atoms. The first kappa shape index (κ1) is 24.1. The highest BCUT2D eigenvalue weighted by Crippen LogP contribution is 2.18. The molecule has 1 aliphatic rings. The van der Waals surface area contributed by atoms with Crippen molar-refractivity contribution in [2.24, 2.45) is 0 Å². The second kappa shape index (κ2) is 10.9. The maximum Gasteiger partial charge on any atom is 0.408 e. The minimum absolute atomic E-state index is 0.105. The van der Waals surface area contributed by atoms with Crippen LogP contribution in [0, 0.1) is 11.3 Å². The van der Waals surface area contributed by atoms with E-state index in [2.05, 4.69) is 16.3 Å². The first-order valence-corrected chi connectivity index (χ1v) is 11.3. The minimum Gasteiger partial charge on any atom is -0.444 e. The molecule has 0 aromatic heterocycles. The van der Waals surface area contributed by atoms with Crippen LogP contribution < -0.4 is 10.2 Å². The van der Waals surface area contributed by atoms with Gasteiger partial charge in [0.1, 0.15) is 11.6 Å². The Balaban J connectivity index is 1.70. The van der Waals surface area contributed by atoms with Gasteiger partial charge in [-0.3, -0.25) is 4.79 Å². The number of alkyl carbamates (subject to hydrolysis) is 1. The predicted octanol–water partition coefficient (Wildman–Crippen LogP) is 3.73. The lowest BCUT2D eigenvalue weighted by molar-refractivity contribution is -0.133. The van der Waals surface area contributed by atoms with Crippen LogP contribution in [0.4, 0.5) is 10.5 Å². The number of carbonyl (C=O) groups is 2. The number of carbonyl (C=O) groups excluding carboxylic acids is 2. The van der Waals surface area contributed by atoms with Gasteiger partial charge in [-0.1, -0.05) is 30.3 Å². The van der Waals surface area contributed by atoms with Crippen molar-refractivity contribution >= 4 is 17.7 Å². The topological polar surface area (TPSA) is 85.7 Å². The van der Waals surface area contributed by atoms with Crippen LogP contribution in [0.1, 0.15) is 38.3 Å². The number of nitriles is 1. The molecule has 1 atom stereocenters. The van der Waals surface area contributed by atoms with Crippen LogP contribution in [-0.2, 0) is 16.0 Å². The molecule has 174 valence electrons. The fourth-order valence-electron chi connectivity index (χ4n) is 3.86. The molecule has 1 fully saturated rings. The average molecular weight is 449 g/mol. The van der Waals surface area contributed by atoms with E-state index in [-0.39, 0.29) is 5.91 Å². The fraction of sp³-hybridized carbons (Fsp3) is 0.423. The first-order chi connectivity index (χ1) is 15.7. The molecule has 7 nitrogen and oxygen atoms in total. The van der Waals surface area contributed by atoms with Gasteiger partial charge in [0.25, 0.3) is 0 Å². The van der Waals surface area contributed by atoms with Gasteiger partial charge in [-0.25, -0.2) is 4.79 Å². The van der Waals surface area contributed by atoms with Gasteiger partial charge in [-0.15, -0.1) is 0 Å². The lowest BCUT2D eigenvalue weighted by Crippen LogP contribution is -2.51. The zero-order valence-electron chi connectivity index (χ0n) is 19.6.